The maximum absolute atomic E-state index is 12.5. The van der Waals surface area contributed by atoms with Gasteiger partial charge in [-0.2, -0.15) is 0 Å². The number of halogens is 2. The van der Waals surface area contributed by atoms with Crippen molar-refractivity contribution in [2.75, 3.05) is 23.9 Å². The minimum absolute atomic E-state index is 0.101. The highest BCUT2D eigenvalue weighted by Crippen LogP contribution is 2.30. The van der Waals surface area contributed by atoms with Gasteiger partial charge in [0, 0.05) is 29.7 Å². The Morgan fingerprint density at radius 3 is 2.76 bits per heavy atom. The monoisotopic (exact) mass is 378 g/mol. The van der Waals surface area contributed by atoms with Crippen LogP contribution in [0.1, 0.15) is 6.42 Å². The lowest BCUT2D eigenvalue weighted by Gasteiger charge is -2.17. The predicted octanol–water partition coefficient (Wildman–Crippen LogP) is 3.99. The molecule has 2 amide bonds. The molecule has 3 rings (SSSR count). The zero-order valence-corrected chi connectivity index (χ0v) is 15.0. The second-order valence-electron chi connectivity index (χ2n) is 5.72. The van der Waals surface area contributed by atoms with Gasteiger partial charge in [-0.1, -0.05) is 29.3 Å². The third-order valence-corrected chi connectivity index (χ3v) is 4.60. The van der Waals surface area contributed by atoms with Crippen molar-refractivity contribution < 1.29 is 14.3 Å². The molecule has 1 saturated heterocycles. The third-order valence-electron chi connectivity index (χ3n) is 4.05. The first kappa shape index (κ1) is 17.6. The number of carbonyl (C=O) groups is 2. The molecular weight excluding hydrogens is 363 g/mol. The first-order valence-electron chi connectivity index (χ1n) is 7.68. The topological polar surface area (TPSA) is 58.6 Å². The van der Waals surface area contributed by atoms with Crippen LogP contribution in [0, 0.1) is 5.92 Å². The summed E-state index contributed by atoms with van der Waals surface area (Å²) in [5.41, 5.74) is 1.19. The smallest absolute Gasteiger partial charge is 0.229 e. The maximum Gasteiger partial charge on any atom is 0.229 e. The van der Waals surface area contributed by atoms with E-state index < -0.39 is 5.92 Å². The van der Waals surface area contributed by atoms with Gasteiger partial charge < -0.3 is 15.0 Å². The number of hydrogen-bond acceptors (Lipinski definition) is 3. The van der Waals surface area contributed by atoms with E-state index in [-0.39, 0.29) is 18.2 Å². The molecule has 130 valence electrons. The Labute approximate surface area is 155 Å². The lowest BCUT2D eigenvalue weighted by atomic mass is 10.1. The normalized spacial score (nSPS) is 16.8. The van der Waals surface area contributed by atoms with E-state index in [4.69, 9.17) is 27.9 Å². The van der Waals surface area contributed by atoms with E-state index in [1.165, 1.54) is 0 Å². The molecule has 0 bridgehead atoms. The van der Waals surface area contributed by atoms with Crippen LogP contribution in [-0.2, 0) is 9.59 Å². The summed E-state index contributed by atoms with van der Waals surface area (Å²) in [5, 5.41) is 3.61. The van der Waals surface area contributed by atoms with Crippen LogP contribution in [0.4, 0.5) is 11.4 Å². The number of anilines is 2. The minimum Gasteiger partial charge on any atom is -0.497 e. The average Bonchev–Trinajstić information content (AvgIpc) is 2.99. The van der Waals surface area contributed by atoms with Crippen molar-refractivity contribution in [3.8, 4) is 5.75 Å². The standard InChI is InChI=1S/C18H16Cl2N2O3/c1-25-14-4-2-3-13(9-14)22-10-11(7-17(22)23)18(24)21-16-6-5-12(19)8-15(16)20/h2-6,8-9,11H,7,10H2,1H3,(H,21,24)/t11-/m0/s1. The largest absolute Gasteiger partial charge is 0.497 e. The number of carbonyl (C=O) groups excluding carboxylic acids is 2. The van der Waals surface area contributed by atoms with Crippen molar-refractivity contribution in [1.82, 2.24) is 0 Å². The van der Waals surface area contributed by atoms with Crippen molar-refractivity contribution >= 4 is 46.4 Å². The zero-order valence-electron chi connectivity index (χ0n) is 13.5. The van der Waals surface area contributed by atoms with Gasteiger partial charge in [0.25, 0.3) is 0 Å². The summed E-state index contributed by atoms with van der Waals surface area (Å²) < 4.78 is 5.18. The number of ether oxygens (including phenoxy) is 1. The molecule has 2 aromatic rings. The van der Waals surface area contributed by atoms with Gasteiger partial charge in [-0.25, -0.2) is 0 Å². The molecule has 1 fully saturated rings. The van der Waals surface area contributed by atoms with Crippen LogP contribution < -0.4 is 15.0 Å². The van der Waals surface area contributed by atoms with E-state index in [1.54, 1.807) is 42.3 Å². The predicted molar refractivity (Wildman–Crippen MR) is 98.5 cm³/mol. The lowest BCUT2D eigenvalue weighted by Crippen LogP contribution is -2.28. The van der Waals surface area contributed by atoms with E-state index in [0.717, 1.165) is 0 Å². The molecule has 1 heterocycles. The summed E-state index contributed by atoms with van der Waals surface area (Å²) in [6.07, 6.45) is 0.147. The summed E-state index contributed by atoms with van der Waals surface area (Å²) in [6.45, 7) is 0.309. The molecule has 0 unspecified atom stereocenters. The highest BCUT2D eigenvalue weighted by Gasteiger charge is 2.35. The van der Waals surface area contributed by atoms with E-state index in [2.05, 4.69) is 5.32 Å². The highest BCUT2D eigenvalue weighted by atomic mass is 35.5. The quantitative estimate of drug-likeness (QED) is 0.874. The SMILES string of the molecule is COc1cccc(N2C[C@@H](C(=O)Nc3ccc(Cl)cc3Cl)CC2=O)c1. The van der Waals surface area contributed by atoms with Crippen molar-refractivity contribution in [1.29, 1.82) is 0 Å². The van der Waals surface area contributed by atoms with Crippen LogP contribution in [0.25, 0.3) is 0 Å². The molecule has 0 spiro atoms. The molecule has 0 saturated carbocycles. The minimum atomic E-state index is -0.453. The Kier molecular flexibility index (Phi) is 5.16. The van der Waals surface area contributed by atoms with Crippen LogP contribution in [-0.4, -0.2) is 25.5 Å². The van der Waals surface area contributed by atoms with Crippen LogP contribution in [0.3, 0.4) is 0 Å². The Morgan fingerprint density at radius 2 is 2.04 bits per heavy atom. The number of nitrogens with one attached hydrogen (secondary N) is 1. The fourth-order valence-electron chi connectivity index (χ4n) is 2.74. The fourth-order valence-corrected chi connectivity index (χ4v) is 3.19. The van der Waals surface area contributed by atoms with E-state index >= 15 is 0 Å². The van der Waals surface area contributed by atoms with Gasteiger partial charge in [0.2, 0.25) is 11.8 Å². The number of nitrogens with zero attached hydrogens (tertiary/aromatic N) is 1. The van der Waals surface area contributed by atoms with Gasteiger partial charge in [-0.15, -0.1) is 0 Å². The van der Waals surface area contributed by atoms with Gasteiger partial charge >= 0.3 is 0 Å². The Balaban J connectivity index is 1.72. The molecule has 2 aromatic carbocycles. The molecule has 1 aliphatic rings. The number of benzene rings is 2. The first-order valence-corrected chi connectivity index (χ1v) is 8.44. The molecule has 1 N–H and O–H groups in total. The maximum atomic E-state index is 12.5. The first-order chi connectivity index (χ1) is 12.0. The summed E-state index contributed by atoms with van der Waals surface area (Å²) in [6, 6.07) is 12.0. The summed E-state index contributed by atoms with van der Waals surface area (Å²) >= 11 is 11.9. The summed E-state index contributed by atoms with van der Waals surface area (Å²) in [4.78, 5) is 26.4. The van der Waals surface area contributed by atoms with Crippen LogP contribution in [0.2, 0.25) is 10.0 Å². The van der Waals surface area contributed by atoms with Gasteiger partial charge in [0.1, 0.15) is 5.75 Å². The van der Waals surface area contributed by atoms with Crippen LogP contribution in [0.15, 0.2) is 42.5 Å². The van der Waals surface area contributed by atoms with Crippen LogP contribution in [0.5, 0.6) is 5.75 Å². The van der Waals surface area contributed by atoms with Crippen LogP contribution >= 0.6 is 23.2 Å². The van der Waals surface area contributed by atoms with Gasteiger partial charge in [0.05, 0.1) is 23.7 Å². The summed E-state index contributed by atoms with van der Waals surface area (Å²) in [5.74, 6) is -0.143. The Morgan fingerprint density at radius 1 is 1.24 bits per heavy atom. The molecule has 25 heavy (non-hydrogen) atoms. The molecule has 7 heteroatoms. The molecule has 5 nitrogen and oxygen atoms in total. The molecule has 1 atom stereocenters. The van der Waals surface area contributed by atoms with Crippen molar-refractivity contribution in [2.24, 2.45) is 5.92 Å². The zero-order chi connectivity index (χ0) is 18.0. The second kappa shape index (κ2) is 7.33. The van der Waals surface area contributed by atoms with E-state index in [1.807, 2.05) is 12.1 Å². The number of rotatable bonds is 4. The molecule has 0 aromatic heterocycles. The Bertz CT molecular complexity index is 826. The number of hydrogen-bond donors (Lipinski definition) is 1. The molecule has 0 radical (unpaired) electrons. The fraction of sp³-hybridized carbons (Fsp3) is 0.222. The number of amides is 2. The second-order valence-corrected chi connectivity index (χ2v) is 6.56. The van der Waals surface area contributed by atoms with Gasteiger partial charge in [-0.3, -0.25) is 9.59 Å². The molecular formula is C18H16Cl2N2O3. The van der Waals surface area contributed by atoms with Gasteiger partial charge in [-0.05, 0) is 30.3 Å². The van der Waals surface area contributed by atoms with Crippen molar-refractivity contribution in [3.63, 3.8) is 0 Å². The van der Waals surface area contributed by atoms with Crippen molar-refractivity contribution in [2.45, 2.75) is 6.42 Å². The molecule has 0 aliphatic carbocycles. The number of methoxy groups -OCH3 is 1. The van der Waals surface area contributed by atoms with Gasteiger partial charge in [0.15, 0.2) is 0 Å². The molecule has 1 aliphatic heterocycles. The highest BCUT2D eigenvalue weighted by molar-refractivity contribution is 6.36. The van der Waals surface area contributed by atoms with E-state index in [0.29, 0.717) is 33.7 Å². The third kappa shape index (κ3) is 3.89. The Hall–Kier alpha value is -2.24. The van der Waals surface area contributed by atoms with E-state index in [9.17, 15) is 9.59 Å². The van der Waals surface area contributed by atoms with Crippen molar-refractivity contribution in [3.05, 3.63) is 52.5 Å². The lowest BCUT2D eigenvalue weighted by molar-refractivity contribution is -0.122. The average molecular weight is 379 g/mol. The summed E-state index contributed by atoms with van der Waals surface area (Å²) in [7, 11) is 1.57.